The Morgan fingerprint density at radius 1 is 1.16 bits per heavy atom. The zero-order valence-electron chi connectivity index (χ0n) is 25.2. The van der Waals surface area contributed by atoms with E-state index in [2.05, 4.69) is 31.2 Å². The monoisotopic (exact) mass is 633 g/mol. The zero-order valence-corrected chi connectivity index (χ0v) is 26.0. The first-order valence-electron chi connectivity index (χ1n) is 14.6. The number of fused-ring (bicyclic) bond motifs is 4. The van der Waals surface area contributed by atoms with Crippen LogP contribution in [-0.4, -0.2) is 44.0 Å². The van der Waals surface area contributed by atoms with Crippen LogP contribution in [0.3, 0.4) is 0 Å². The molecule has 0 unspecified atom stereocenters. The number of hydrogen-bond donors (Lipinski definition) is 3. The maximum absolute atomic E-state index is 14.7. The number of carbonyl (C=O) groups is 3. The van der Waals surface area contributed by atoms with Crippen molar-refractivity contribution in [2.45, 2.75) is 59.1 Å². The molecule has 13 heteroatoms. The summed E-state index contributed by atoms with van der Waals surface area (Å²) in [5.41, 5.74) is 3.48. The molecule has 11 nitrogen and oxygen atoms in total. The molecule has 1 aliphatic rings. The third-order valence-electron chi connectivity index (χ3n) is 7.47. The fourth-order valence-electron chi connectivity index (χ4n) is 5.10. The van der Waals surface area contributed by atoms with E-state index in [1.54, 1.807) is 57.3 Å². The minimum absolute atomic E-state index is 0.0331. The van der Waals surface area contributed by atoms with Gasteiger partial charge in [0.1, 0.15) is 5.69 Å². The summed E-state index contributed by atoms with van der Waals surface area (Å²) in [4.78, 5) is 43.5. The number of rotatable bonds is 5. The number of anilines is 2. The topological polar surface area (TPSA) is 140 Å². The minimum Gasteiger partial charge on any atom is -0.447 e. The predicted molar refractivity (Wildman–Crippen MR) is 168 cm³/mol. The molecular formula is C32H33ClFN7O4. The van der Waals surface area contributed by atoms with Gasteiger partial charge in [-0.25, -0.2) is 13.9 Å². The molecule has 0 radical (unpaired) electrons. The average molecular weight is 634 g/mol. The summed E-state index contributed by atoms with van der Waals surface area (Å²) in [6, 6.07) is 12.8. The van der Waals surface area contributed by atoms with Crippen molar-refractivity contribution in [2.24, 2.45) is 5.92 Å². The van der Waals surface area contributed by atoms with Gasteiger partial charge in [0, 0.05) is 23.4 Å². The lowest BCUT2D eigenvalue weighted by Crippen LogP contribution is -2.30. The predicted octanol–water partition coefficient (Wildman–Crippen LogP) is 6.62. The molecule has 2 bridgehead atoms. The van der Waals surface area contributed by atoms with E-state index in [-0.39, 0.29) is 34.3 Å². The Hall–Kier alpha value is -4.84. The second-order valence-electron chi connectivity index (χ2n) is 11.2. The third-order valence-corrected chi connectivity index (χ3v) is 7.76. The molecule has 0 saturated carbocycles. The minimum atomic E-state index is -0.670. The number of carbonyl (C=O) groups excluding carboxylic acids is 3. The molecule has 1 aliphatic heterocycles. The molecule has 0 saturated heterocycles. The summed E-state index contributed by atoms with van der Waals surface area (Å²) in [5, 5.41) is 16.7. The Bertz CT molecular complexity index is 1760. The fourth-order valence-corrected chi connectivity index (χ4v) is 5.27. The van der Waals surface area contributed by atoms with Crippen molar-refractivity contribution < 1.29 is 23.5 Å². The summed E-state index contributed by atoms with van der Waals surface area (Å²) in [7, 11) is 0. The van der Waals surface area contributed by atoms with Crippen LogP contribution in [0.2, 0.25) is 5.02 Å². The molecule has 0 spiro atoms. The number of halogens is 2. The summed E-state index contributed by atoms with van der Waals surface area (Å²) in [5.74, 6) is -1.68. The van der Waals surface area contributed by atoms with E-state index in [1.165, 1.54) is 16.8 Å². The highest BCUT2D eigenvalue weighted by Gasteiger charge is 2.25. The number of amides is 3. The standard InChI is InChI=1S/C32H33ClFN7O4/c1-17(2)45-32(44)36-21-11-12-22-20-13-14-35-26(15-20)24(9-5-7-18(3)30(42)38-25(22)16-21)37-31(43)29-19(4)41(40-39-29)27-10-6-8-23(33)28(27)34/h6,8,10-18,24H,5,7,9H2,1-4H3,(H,36,44)(H,37,43)(H,38,42)/t18-,24+/m1/s1. The Balaban J connectivity index is 1.46. The normalized spacial score (nSPS) is 16.6. The number of ether oxygens (including phenoxy) is 1. The smallest absolute Gasteiger partial charge is 0.411 e. The van der Waals surface area contributed by atoms with E-state index >= 15 is 0 Å². The van der Waals surface area contributed by atoms with Crippen molar-refractivity contribution in [1.82, 2.24) is 25.3 Å². The molecule has 3 N–H and O–H groups in total. The van der Waals surface area contributed by atoms with Crippen LogP contribution in [0, 0.1) is 18.7 Å². The van der Waals surface area contributed by atoms with Crippen molar-refractivity contribution in [3.05, 3.63) is 82.6 Å². The van der Waals surface area contributed by atoms with Crippen LogP contribution in [0.1, 0.15) is 68.0 Å². The van der Waals surface area contributed by atoms with Crippen LogP contribution in [0.4, 0.5) is 20.6 Å². The van der Waals surface area contributed by atoms with E-state index < -0.39 is 23.9 Å². The molecule has 45 heavy (non-hydrogen) atoms. The number of nitrogens with one attached hydrogen (secondary N) is 3. The first-order valence-corrected chi connectivity index (χ1v) is 15.0. The van der Waals surface area contributed by atoms with E-state index in [1.807, 2.05) is 13.0 Å². The number of aromatic nitrogens is 4. The number of pyridine rings is 1. The van der Waals surface area contributed by atoms with Crippen LogP contribution >= 0.6 is 11.6 Å². The van der Waals surface area contributed by atoms with Crippen LogP contribution in [-0.2, 0) is 9.53 Å². The highest BCUT2D eigenvalue weighted by Crippen LogP contribution is 2.34. The largest absolute Gasteiger partial charge is 0.447 e. The van der Waals surface area contributed by atoms with Crippen molar-refractivity contribution in [3.63, 3.8) is 0 Å². The molecule has 234 valence electrons. The molecule has 3 amide bonds. The summed E-state index contributed by atoms with van der Waals surface area (Å²) >= 11 is 5.95. The van der Waals surface area contributed by atoms with E-state index in [4.69, 9.17) is 16.3 Å². The average Bonchev–Trinajstić information content (AvgIpc) is 3.38. The highest BCUT2D eigenvalue weighted by atomic mass is 35.5. The number of nitrogens with zero attached hydrogens (tertiary/aromatic N) is 4. The Labute approximate surface area is 264 Å². The Kier molecular flexibility index (Phi) is 9.43. The zero-order chi connectivity index (χ0) is 32.2. The first kappa shape index (κ1) is 31.6. The Morgan fingerprint density at radius 3 is 2.73 bits per heavy atom. The number of benzene rings is 2. The van der Waals surface area contributed by atoms with Gasteiger partial charge < -0.3 is 15.4 Å². The van der Waals surface area contributed by atoms with Crippen molar-refractivity contribution >= 4 is 40.9 Å². The maximum atomic E-state index is 14.7. The SMILES string of the molecule is Cc1c(C(=O)N[C@H]2CCC[C@@H](C)C(=O)Nc3cc(NC(=O)OC(C)C)ccc3-c3ccnc2c3)nnn1-c1cccc(Cl)c1F. The number of hydrogen-bond acceptors (Lipinski definition) is 7. The van der Waals surface area contributed by atoms with Gasteiger partial charge in [-0.1, -0.05) is 42.3 Å². The second kappa shape index (κ2) is 13.4. The molecule has 0 aliphatic carbocycles. The van der Waals surface area contributed by atoms with Crippen molar-refractivity contribution in [1.29, 1.82) is 0 Å². The lowest BCUT2D eigenvalue weighted by molar-refractivity contribution is -0.119. The first-order chi connectivity index (χ1) is 21.5. The lowest BCUT2D eigenvalue weighted by atomic mass is 9.95. The molecule has 2 atom stereocenters. The highest BCUT2D eigenvalue weighted by molar-refractivity contribution is 6.30. The van der Waals surface area contributed by atoms with Gasteiger partial charge in [0.05, 0.1) is 34.2 Å². The van der Waals surface area contributed by atoms with Crippen LogP contribution in [0.25, 0.3) is 16.8 Å². The van der Waals surface area contributed by atoms with E-state index in [0.717, 1.165) is 5.56 Å². The van der Waals surface area contributed by atoms with Gasteiger partial charge in [-0.3, -0.25) is 19.9 Å². The molecular weight excluding hydrogens is 601 g/mol. The van der Waals surface area contributed by atoms with Crippen molar-refractivity contribution in [2.75, 3.05) is 10.6 Å². The van der Waals surface area contributed by atoms with E-state index in [9.17, 15) is 18.8 Å². The Morgan fingerprint density at radius 2 is 1.96 bits per heavy atom. The lowest BCUT2D eigenvalue weighted by Gasteiger charge is -2.22. The quantitative estimate of drug-likeness (QED) is 0.224. The van der Waals surface area contributed by atoms with Gasteiger partial charge >= 0.3 is 6.09 Å². The van der Waals surface area contributed by atoms with Gasteiger partial charge in [0.25, 0.3) is 5.91 Å². The molecule has 4 aromatic rings. The van der Waals surface area contributed by atoms with Gasteiger partial charge in [0.15, 0.2) is 11.5 Å². The van der Waals surface area contributed by atoms with E-state index in [0.29, 0.717) is 47.6 Å². The van der Waals surface area contributed by atoms with Gasteiger partial charge in [-0.2, -0.15) is 0 Å². The molecule has 0 fully saturated rings. The van der Waals surface area contributed by atoms with Crippen LogP contribution < -0.4 is 16.0 Å². The fraction of sp³-hybridized carbons (Fsp3) is 0.312. The summed E-state index contributed by atoms with van der Waals surface area (Å²) in [6.07, 6.45) is 2.41. The van der Waals surface area contributed by atoms with Crippen LogP contribution in [0.15, 0.2) is 54.7 Å². The molecule has 2 aromatic heterocycles. The van der Waals surface area contributed by atoms with Crippen LogP contribution in [0.5, 0.6) is 0 Å². The van der Waals surface area contributed by atoms with Gasteiger partial charge in [-0.05, 0) is 75.6 Å². The summed E-state index contributed by atoms with van der Waals surface area (Å²) < 4.78 is 21.1. The third kappa shape index (κ3) is 7.12. The maximum Gasteiger partial charge on any atom is 0.411 e. The molecule has 2 aromatic carbocycles. The summed E-state index contributed by atoms with van der Waals surface area (Å²) in [6.45, 7) is 6.97. The van der Waals surface area contributed by atoms with Gasteiger partial charge in [-0.15, -0.1) is 5.10 Å². The van der Waals surface area contributed by atoms with Gasteiger partial charge in [0.2, 0.25) is 5.91 Å². The second-order valence-corrected chi connectivity index (χ2v) is 11.6. The molecule has 5 rings (SSSR count). The van der Waals surface area contributed by atoms with Crippen molar-refractivity contribution in [3.8, 4) is 16.8 Å². The molecule has 3 heterocycles.